The van der Waals surface area contributed by atoms with E-state index in [1.165, 1.54) is 0 Å². The number of fused-ring (bicyclic) bond motifs is 1. The first-order valence-electron chi connectivity index (χ1n) is 23.6. The highest BCUT2D eigenvalue weighted by Crippen LogP contribution is 2.55. The molecule has 0 unspecified atom stereocenters. The van der Waals surface area contributed by atoms with Gasteiger partial charge in [-0.2, -0.15) is 5.26 Å². The van der Waals surface area contributed by atoms with Crippen LogP contribution in [0, 0.1) is 27.6 Å². The lowest BCUT2D eigenvalue weighted by molar-refractivity contribution is -0.164. The Hall–Kier alpha value is -5.24. The Morgan fingerprint density at radius 1 is 0.882 bits per heavy atom. The molecular formula is C52H69ClN6O9. The van der Waals surface area contributed by atoms with Crippen LogP contribution in [-0.4, -0.2) is 118 Å². The van der Waals surface area contributed by atoms with Gasteiger partial charge in [-0.25, -0.2) is 0 Å². The molecule has 0 radical (unpaired) electrons. The fourth-order valence-electron chi connectivity index (χ4n) is 9.96. The van der Waals surface area contributed by atoms with Crippen molar-refractivity contribution < 1.29 is 42.9 Å². The van der Waals surface area contributed by atoms with E-state index in [1.54, 1.807) is 61.3 Å². The Balaban J connectivity index is 0.885. The van der Waals surface area contributed by atoms with Crippen molar-refractivity contribution in [3.05, 3.63) is 94.0 Å². The number of hydrogen-bond acceptors (Lipinski definition) is 11. The number of nitrogens with zero attached hydrogens (tertiary/aromatic N) is 2. The molecule has 3 aromatic carbocycles. The second kappa shape index (κ2) is 22.5. The Kier molecular flexibility index (Phi) is 17.2. The molecule has 16 heteroatoms. The fourth-order valence-corrected chi connectivity index (χ4v) is 10.2. The molecule has 5 atom stereocenters. The van der Waals surface area contributed by atoms with Crippen LogP contribution in [0.3, 0.4) is 0 Å². The van der Waals surface area contributed by atoms with Gasteiger partial charge in [0, 0.05) is 41.5 Å². The molecule has 1 saturated heterocycles. The van der Waals surface area contributed by atoms with Crippen LogP contribution in [0.4, 0.5) is 0 Å². The average molecular weight is 958 g/mol. The summed E-state index contributed by atoms with van der Waals surface area (Å²) >= 11 is 6.24. The third kappa shape index (κ3) is 12.1. The van der Waals surface area contributed by atoms with Crippen LogP contribution < -0.4 is 30.7 Å². The van der Waals surface area contributed by atoms with Gasteiger partial charge in [-0.15, -0.1) is 0 Å². The molecular weight excluding hydrogens is 888 g/mol. The number of hydrogen-bond donors (Lipinski definition) is 4. The lowest BCUT2D eigenvalue weighted by Crippen LogP contribution is -2.74. The number of amides is 4. The molecule has 4 N–H and O–H groups in total. The number of carbonyl (C=O) groups excluding carboxylic acids is 4. The predicted octanol–water partition coefficient (Wildman–Crippen LogP) is 6.16. The van der Waals surface area contributed by atoms with Crippen molar-refractivity contribution in [1.82, 2.24) is 26.2 Å². The molecule has 1 aliphatic heterocycles. The first kappa shape index (κ1) is 52.1. The number of nitriles is 1. The van der Waals surface area contributed by atoms with Crippen molar-refractivity contribution >= 4 is 35.2 Å². The average Bonchev–Trinajstić information content (AvgIpc) is 3.94. The van der Waals surface area contributed by atoms with Gasteiger partial charge in [-0.05, 0) is 79.8 Å². The van der Waals surface area contributed by atoms with Crippen molar-refractivity contribution in [3.63, 3.8) is 0 Å². The molecule has 2 fully saturated rings. The van der Waals surface area contributed by atoms with E-state index in [0.29, 0.717) is 93.1 Å². The number of rotatable bonds is 21. The van der Waals surface area contributed by atoms with Gasteiger partial charge in [-0.1, -0.05) is 84.3 Å². The van der Waals surface area contributed by atoms with Crippen molar-refractivity contribution in [1.29, 1.82) is 5.26 Å². The van der Waals surface area contributed by atoms with E-state index in [0.717, 1.165) is 11.1 Å². The van der Waals surface area contributed by atoms with Gasteiger partial charge < -0.3 is 49.9 Å². The number of benzene rings is 3. The summed E-state index contributed by atoms with van der Waals surface area (Å²) in [6, 6.07) is 19.6. The zero-order valence-electron chi connectivity index (χ0n) is 40.9. The second-order valence-electron chi connectivity index (χ2n) is 20.2. The minimum absolute atomic E-state index is 0.166. The molecule has 3 aliphatic rings. The number of nitrogens with one attached hydrogen (secondary N) is 4. The number of ether oxygens (including phenoxy) is 5. The smallest absolute Gasteiger partial charge is 0.251 e. The van der Waals surface area contributed by atoms with Crippen LogP contribution in [0.2, 0.25) is 5.02 Å². The molecule has 15 nitrogen and oxygen atoms in total. The van der Waals surface area contributed by atoms with Crippen molar-refractivity contribution in [2.75, 3.05) is 53.2 Å². The summed E-state index contributed by atoms with van der Waals surface area (Å²) in [6.45, 7) is 18.2. The Labute approximate surface area is 406 Å². The number of carbonyl (C=O) groups is 4. The molecule has 368 valence electrons. The highest BCUT2D eigenvalue weighted by Gasteiger charge is 2.64. The maximum absolute atomic E-state index is 14.0. The van der Waals surface area contributed by atoms with Crippen LogP contribution in [0.15, 0.2) is 66.7 Å². The van der Waals surface area contributed by atoms with E-state index in [1.807, 2.05) is 45.0 Å². The standard InChI is InChI=1S/C52H69ClN6O9/c1-32(55-9)44(60)57-43(50(2,3)4)47(63)59-22-12-15-40(59)46(62)56-42-38-14-11-10-13-34(38)29-41(42)67-28-26-65-24-23-64-25-27-66-36-19-16-33(17-20-36)45(61)58-48-51(5,6)49(52(48,7)8)68-37-21-18-35(31-54)39(53)30-37/h10-11,13-14,16-21,30,32,40-43,48-49,55H,12,15,22-29H2,1-9H3,(H,56,62)(H,57,60)(H,58,61)/t32-,40-,41+,42-,43+,48?,49?/m0/s1. The Morgan fingerprint density at radius 3 is 2.18 bits per heavy atom. The summed E-state index contributed by atoms with van der Waals surface area (Å²) in [5.41, 5.74) is 1.65. The zero-order chi connectivity index (χ0) is 49.4. The van der Waals surface area contributed by atoms with E-state index in [4.69, 9.17) is 35.3 Å². The van der Waals surface area contributed by atoms with Crippen LogP contribution in [0.25, 0.3) is 0 Å². The molecule has 68 heavy (non-hydrogen) atoms. The van der Waals surface area contributed by atoms with E-state index < -0.39 is 29.6 Å². The van der Waals surface area contributed by atoms with E-state index >= 15 is 0 Å². The lowest BCUT2D eigenvalue weighted by Gasteiger charge is -2.63. The van der Waals surface area contributed by atoms with E-state index in [9.17, 15) is 24.4 Å². The van der Waals surface area contributed by atoms with Crippen LogP contribution in [-0.2, 0) is 35.0 Å². The van der Waals surface area contributed by atoms with Crippen molar-refractivity contribution in [2.45, 2.75) is 117 Å². The lowest BCUT2D eigenvalue weighted by atomic mass is 9.49. The summed E-state index contributed by atoms with van der Waals surface area (Å²) in [6.07, 6.45) is 1.32. The second-order valence-corrected chi connectivity index (χ2v) is 20.6. The van der Waals surface area contributed by atoms with Gasteiger partial charge in [0.05, 0.1) is 61.8 Å². The summed E-state index contributed by atoms with van der Waals surface area (Å²) in [4.78, 5) is 55.8. The maximum Gasteiger partial charge on any atom is 0.251 e. The van der Waals surface area contributed by atoms with Gasteiger partial charge in [-0.3, -0.25) is 19.2 Å². The summed E-state index contributed by atoms with van der Waals surface area (Å²) in [7, 11) is 1.69. The number of likely N-dealkylation sites (tertiary alicyclic amines) is 1. The van der Waals surface area contributed by atoms with Gasteiger partial charge in [0.25, 0.3) is 5.91 Å². The summed E-state index contributed by atoms with van der Waals surface area (Å²) < 4.78 is 30.0. The van der Waals surface area contributed by atoms with Crippen LogP contribution >= 0.6 is 11.6 Å². The summed E-state index contributed by atoms with van der Waals surface area (Å²) in [5, 5.41) is 21.8. The molecule has 0 bridgehead atoms. The SMILES string of the molecule is CN[C@@H](C)C(=O)N[C@H](C(=O)N1CCC[C@H]1C(=O)N[C@H]1c2ccccc2C[C@H]1OCCOCCOCCOc1ccc(C(=O)NC2C(C)(C)C(Oc3ccc(C#N)c(Cl)c3)C2(C)C)cc1)C(C)(C)C. The van der Waals surface area contributed by atoms with Gasteiger partial charge in [0.2, 0.25) is 17.7 Å². The zero-order valence-corrected chi connectivity index (χ0v) is 41.7. The minimum Gasteiger partial charge on any atom is -0.491 e. The van der Waals surface area contributed by atoms with Gasteiger partial charge in [0.1, 0.15) is 42.4 Å². The Bertz CT molecular complexity index is 2280. The van der Waals surface area contributed by atoms with Crippen molar-refractivity contribution in [2.24, 2.45) is 16.2 Å². The number of likely N-dealkylation sites (N-methyl/N-ethyl adjacent to an activating group) is 1. The third-order valence-corrected chi connectivity index (χ3v) is 13.8. The van der Waals surface area contributed by atoms with Gasteiger partial charge in [0.15, 0.2) is 0 Å². The maximum atomic E-state index is 14.0. The topological polar surface area (TPSA) is 190 Å². The molecule has 0 spiro atoms. The predicted molar refractivity (Wildman–Crippen MR) is 258 cm³/mol. The quantitative estimate of drug-likeness (QED) is 0.0895. The van der Waals surface area contributed by atoms with Crippen LogP contribution in [0.1, 0.15) is 101 Å². The molecule has 3 aromatic rings. The first-order valence-corrected chi connectivity index (χ1v) is 24.0. The van der Waals surface area contributed by atoms with E-state index in [-0.39, 0.29) is 52.7 Å². The normalized spacial score (nSPS) is 22.2. The highest BCUT2D eigenvalue weighted by molar-refractivity contribution is 6.31. The minimum atomic E-state index is -0.797. The third-order valence-electron chi connectivity index (χ3n) is 13.5. The molecule has 1 saturated carbocycles. The molecule has 1 heterocycles. The molecule has 4 amide bonds. The van der Waals surface area contributed by atoms with Crippen molar-refractivity contribution in [3.8, 4) is 17.6 Å². The monoisotopic (exact) mass is 956 g/mol. The molecule has 2 aliphatic carbocycles. The van der Waals surface area contributed by atoms with Gasteiger partial charge >= 0.3 is 0 Å². The number of halogens is 1. The largest absolute Gasteiger partial charge is 0.491 e. The first-order chi connectivity index (χ1) is 32.3. The van der Waals surface area contributed by atoms with Crippen LogP contribution in [0.5, 0.6) is 11.5 Å². The molecule has 6 rings (SSSR count). The molecule has 0 aromatic heterocycles. The summed E-state index contributed by atoms with van der Waals surface area (Å²) in [5.74, 6) is 0.232. The Morgan fingerprint density at radius 2 is 1.53 bits per heavy atom. The fraction of sp³-hybridized carbons (Fsp3) is 0.558. The highest BCUT2D eigenvalue weighted by atomic mass is 35.5. The van der Waals surface area contributed by atoms with E-state index in [2.05, 4.69) is 55.0 Å².